The van der Waals surface area contributed by atoms with Gasteiger partial charge in [-0.05, 0) is 29.1 Å². The minimum absolute atomic E-state index is 0.0329. The first kappa shape index (κ1) is 15.4. The lowest BCUT2D eigenvalue weighted by Crippen LogP contribution is -2.30. The summed E-state index contributed by atoms with van der Waals surface area (Å²) in [5, 5.41) is 4.62. The molecular weight excluding hydrogens is 340 g/mol. The summed E-state index contributed by atoms with van der Waals surface area (Å²) in [6, 6.07) is 12.0. The van der Waals surface area contributed by atoms with Gasteiger partial charge in [0.2, 0.25) is 0 Å². The monoisotopic (exact) mass is 356 g/mol. The number of hydrogen-bond acceptors (Lipinski definition) is 5. The number of benzene rings is 1. The van der Waals surface area contributed by atoms with Crippen LogP contribution in [0.5, 0.6) is 5.19 Å². The van der Waals surface area contributed by atoms with E-state index in [1.165, 1.54) is 16.2 Å². The summed E-state index contributed by atoms with van der Waals surface area (Å²) < 4.78 is 5.81. The molecule has 1 aliphatic heterocycles. The van der Waals surface area contributed by atoms with Crippen LogP contribution in [0.3, 0.4) is 0 Å². The van der Waals surface area contributed by atoms with Crippen molar-refractivity contribution in [3.05, 3.63) is 58.9 Å². The maximum absolute atomic E-state index is 12.7. The van der Waals surface area contributed by atoms with Crippen molar-refractivity contribution in [2.24, 2.45) is 0 Å². The molecule has 0 saturated carbocycles. The number of aromatic nitrogens is 1. The van der Waals surface area contributed by atoms with Crippen LogP contribution in [0.2, 0.25) is 0 Å². The molecule has 1 amide bonds. The average molecular weight is 356 g/mol. The number of carbonyl (C=O) groups is 1. The predicted octanol–water partition coefficient (Wildman–Crippen LogP) is 4.17. The summed E-state index contributed by atoms with van der Waals surface area (Å²) in [6.45, 7) is 1.34. The first-order chi connectivity index (χ1) is 11.8. The van der Waals surface area contributed by atoms with Crippen LogP contribution in [0.15, 0.2) is 53.4 Å². The van der Waals surface area contributed by atoms with Gasteiger partial charge in [-0.3, -0.25) is 4.79 Å². The van der Waals surface area contributed by atoms with E-state index in [9.17, 15) is 4.79 Å². The van der Waals surface area contributed by atoms with Gasteiger partial charge in [0.15, 0.2) is 0 Å². The Balaban J connectivity index is 1.41. The van der Waals surface area contributed by atoms with Gasteiger partial charge in [-0.25, -0.2) is 4.98 Å². The Morgan fingerprint density at radius 3 is 2.75 bits per heavy atom. The van der Waals surface area contributed by atoms with Crippen molar-refractivity contribution in [3.8, 4) is 15.6 Å². The zero-order valence-electron chi connectivity index (χ0n) is 12.9. The molecule has 122 valence electrons. The normalized spacial score (nSPS) is 17.2. The molecule has 1 aliphatic rings. The van der Waals surface area contributed by atoms with Gasteiger partial charge in [0.05, 0.1) is 6.54 Å². The van der Waals surface area contributed by atoms with Crippen LogP contribution < -0.4 is 4.74 Å². The molecule has 0 N–H and O–H groups in total. The van der Waals surface area contributed by atoms with E-state index in [4.69, 9.17) is 4.74 Å². The van der Waals surface area contributed by atoms with Crippen LogP contribution in [-0.4, -0.2) is 35.0 Å². The van der Waals surface area contributed by atoms with Crippen molar-refractivity contribution in [1.82, 2.24) is 9.88 Å². The molecule has 4 rings (SSSR count). The van der Waals surface area contributed by atoms with Crippen molar-refractivity contribution in [2.45, 2.75) is 12.5 Å². The van der Waals surface area contributed by atoms with E-state index < -0.39 is 0 Å². The van der Waals surface area contributed by atoms with Gasteiger partial charge in [-0.15, -0.1) is 11.3 Å². The number of thiophene rings is 1. The summed E-state index contributed by atoms with van der Waals surface area (Å²) in [5.74, 6) is 0.0676. The summed E-state index contributed by atoms with van der Waals surface area (Å²) in [5.41, 5.74) is 1.87. The topological polar surface area (TPSA) is 42.4 Å². The van der Waals surface area contributed by atoms with Gasteiger partial charge in [-0.1, -0.05) is 29.5 Å². The van der Waals surface area contributed by atoms with Crippen molar-refractivity contribution in [2.75, 3.05) is 13.1 Å². The number of carbonyl (C=O) groups excluding carboxylic acids is 1. The lowest BCUT2D eigenvalue weighted by Gasteiger charge is -2.16. The fourth-order valence-corrected chi connectivity index (χ4v) is 4.11. The van der Waals surface area contributed by atoms with Crippen molar-refractivity contribution in [1.29, 1.82) is 0 Å². The molecule has 4 nitrogen and oxygen atoms in total. The molecule has 6 heteroatoms. The van der Waals surface area contributed by atoms with Crippen molar-refractivity contribution >= 4 is 28.6 Å². The van der Waals surface area contributed by atoms with Gasteiger partial charge >= 0.3 is 0 Å². The molecule has 2 aromatic heterocycles. The molecule has 3 aromatic rings. The second-order valence-corrected chi connectivity index (χ2v) is 7.44. The van der Waals surface area contributed by atoms with E-state index in [1.54, 1.807) is 17.5 Å². The number of ether oxygens (including phenoxy) is 1. The van der Waals surface area contributed by atoms with Crippen LogP contribution in [0.25, 0.3) is 10.4 Å². The Kier molecular flexibility index (Phi) is 4.32. The van der Waals surface area contributed by atoms with Gasteiger partial charge in [0.25, 0.3) is 11.1 Å². The standard InChI is InChI=1S/C18H16N2O2S2/c21-17(14-5-3-13(4-6-14)16-2-1-10-23-16)20-9-7-15(12-20)22-18-19-8-11-24-18/h1-6,8,10-11,15H,7,9,12H2. The van der Waals surface area contributed by atoms with Crippen molar-refractivity contribution in [3.63, 3.8) is 0 Å². The smallest absolute Gasteiger partial charge is 0.273 e. The van der Waals surface area contributed by atoms with Crippen LogP contribution in [0.4, 0.5) is 0 Å². The molecule has 0 aliphatic carbocycles. The molecule has 1 aromatic carbocycles. The zero-order chi connectivity index (χ0) is 16.4. The fourth-order valence-electron chi connectivity index (χ4n) is 2.82. The zero-order valence-corrected chi connectivity index (χ0v) is 14.6. The van der Waals surface area contributed by atoms with Gasteiger partial charge < -0.3 is 9.64 Å². The van der Waals surface area contributed by atoms with E-state index in [2.05, 4.69) is 16.4 Å². The minimum Gasteiger partial charge on any atom is -0.465 e. The fraction of sp³-hybridized carbons (Fsp3) is 0.222. The highest BCUT2D eigenvalue weighted by Gasteiger charge is 2.28. The summed E-state index contributed by atoms with van der Waals surface area (Å²) >= 11 is 3.18. The van der Waals surface area contributed by atoms with Gasteiger partial charge in [0.1, 0.15) is 6.10 Å². The minimum atomic E-state index is 0.0329. The van der Waals surface area contributed by atoms with Crippen LogP contribution in [-0.2, 0) is 0 Å². The molecular formula is C18H16N2O2S2. The highest BCUT2D eigenvalue weighted by atomic mass is 32.1. The molecule has 0 bridgehead atoms. The third-order valence-electron chi connectivity index (χ3n) is 4.05. The first-order valence-electron chi connectivity index (χ1n) is 7.79. The van der Waals surface area contributed by atoms with E-state index in [1.807, 2.05) is 40.6 Å². The Morgan fingerprint density at radius 1 is 1.17 bits per heavy atom. The van der Waals surface area contributed by atoms with Crippen LogP contribution >= 0.6 is 22.7 Å². The molecule has 24 heavy (non-hydrogen) atoms. The summed E-state index contributed by atoms with van der Waals surface area (Å²) in [7, 11) is 0. The van der Waals surface area contributed by atoms with E-state index in [-0.39, 0.29) is 12.0 Å². The maximum atomic E-state index is 12.7. The molecule has 3 heterocycles. The SMILES string of the molecule is O=C(c1ccc(-c2cccs2)cc1)N1CCC(Oc2nccs2)C1. The summed E-state index contributed by atoms with van der Waals surface area (Å²) in [6.07, 6.45) is 2.61. The lowest BCUT2D eigenvalue weighted by atomic mass is 10.1. The number of thiazole rings is 1. The number of nitrogens with zero attached hydrogens (tertiary/aromatic N) is 2. The van der Waals surface area contributed by atoms with E-state index in [0.29, 0.717) is 11.7 Å². The molecule has 0 radical (unpaired) electrons. The number of amides is 1. The third-order valence-corrected chi connectivity index (χ3v) is 5.63. The number of rotatable bonds is 4. The van der Waals surface area contributed by atoms with Gasteiger partial charge in [-0.2, -0.15) is 0 Å². The quantitative estimate of drug-likeness (QED) is 0.705. The van der Waals surface area contributed by atoms with Gasteiger partial charge in [0, 0.05) is 35.0 Å². The van der Waals surface area contributed by atoms with Crippen LogP contribution in [0, 0.1) is 0 Å². The predicted molar refractivity (Wildman–Crippen MR) is 96.8 cm³/mol. The Morgan fingerprint density at radius 2 is 2.04 bits per heavy atom. The van der Waals surface area contributed by atoms with Crippen LogP contribution in [0.1, 0.15) is 16.8 Å². The molecule has 1 saturated heterocycles. The van der Waals surface area contributed by atoms with Crippen molar-refractivity contribution < 1.29 is 9.53 Å². The molecule has 0 spiro atoms. The Bertz CT molecular complexity index is 798. The highest BCUT2D eigenvalue weighted by Crippen LogP contribution is 2.26. The second kappa shape index (κ2) is 6.75. The lowest BCUT2D eigenvalue weighted by molar-refractivity contribution is 0.0772. The summed E-state index contributed by atoms with van der Waals surface area (Å²) in [4.78, 5) is 19.9. The first-order valence-corrected chi connectivity index (χ1v) is 9.55. The van der Waals surface area contributed by atoms with E-state index in [0.717, 1.165) is 24.1 Å². The molecule has 1 unspecified atom stereocenters. The maximum Gasteiger partial charge on any atom is 0.273 e. The second-order valence-electron chi connectivity index (χ2n) is 5.63. The van der Waals surface area contributed by atoms with E-state index >= 15 is 0 Å². The Labute approximate surface area is 148 Å². The average Bonchev–Trinajstić information content (AvgIpc) is 3.37. The molecule has 1 fully saturated rings. The highest BCUT2D eigenvalue weighted by molar-refractivity contribution is 7.13. The third kappa shape index (κ3) is 3.20. The number of likely N-dealkylation sites (tertiary alicyclic amines) is 1. The number of hydrogen-bond donors (Lipinski definition) is 0. The molecule has 1 atom stereocenters. The largest absolute Gasteiger partial charge is 0.465 e. The Hall–Kier alpha value is -2.18.